The maximum Gasteiger partial charge on any atom is 0.360 e. The highest BCUT2D eigenvalue weighted by molar-refractivity contribution is 7.89. The SMILES string of the molecule is CCNS(=O)(=O)CCNc1scnc1C(=O)OCC. The maximum absolute atomic E-state index is 11.5. The third kappa shape index (κ3) is 5.13. The average molecular weight is 307 g/mol. The number of hydrogen-bond donors (Lipinski definition) is 2. The summed E-state index contributed by atoms with van der Waals surface area (Å²) in [5, 5.41) is 3.40. The number of carbonyl (C=O) groups excluding carboxylic acids is 1. The van der Waals surface area contributed by atoms with Crippen molar-refractivity contribution in [3.63, 3.8) is 0 Å². The third-order valence-corrected chi connectivity index (χ3v) is 4.31. The fourth-order valence-electron chi connectivity index (χ4n) is 1.31. The minimum absolute atomic E-state index is 0.0684. The molecule has 0 saturated carbocycles. The molecule has 1 heterocycles. The topological polar surface area (TPSA) is 97.4 Å². The molecule has 0 amide bonds. The fraction of sp³-hybridized carbons (Fsp3) is 0.600. The summed E-state index contributed by atoms with van der Waals surface area (Å²) in [5.74, 6) is -0.582. The summed E-state index contributed by atoms with van der Waals surface area (Å²) in [7, 11) is -3.27. The van der Waals surface area contributed by atoms with Gasteiger partial charge in [-0.25, -0.2) is 22.9 Å². The molecule has 2 N–H and O–H groups in total. The Bertz CT molecular complexity index is 513. The number of ether oxygens (including phenoxy) is 1. The van der Waals surface area contributed by atoms with Crippen molar-refractivity contribution in [2.75, 3.05) is 30.8 Å². The molecule has 0 saturated heterocycles. The molecular weight excluding hydrogens is 290 g/mol. The van der Waals surface area contributed by atoms with Gasteiger partial charge in [-0.15, -0.1) is 11.3 Å². The molecule has 1 rings (SSSR count). The van der Waals surface area contributed by atoms with Crippen LogP contribution in [-0.2, 0) is 14.8 Å². The van der Waals surface area contributed by atoms with Crippen molar-refractivity contribution in [3.05, 3.63) is 11.2 Å². The Labute approximate surface area is 116 Å². The summed E-state index contributed by atoms with van der Waals surface area (Å²) in [4.78, 5) is 15.4. The number of sulfonamides is 1. The number of esters is 1. The smallest absolute Gasteiger partial charge is 0.360 e. The van der Waals surface area contributed by atoms with E-state index in [0.717, 1.165) is 0 Å². The van der Waals surface area contributed by atoms with Crippen LogP contribution >= 0.6 is 11.3 Å². The molecular formula is C10H17N3O4S2. The van der Waals surface area contributed by atoms with Gasteiger partial charge in [-0.05, 0) is 6.92 Å². The molecule has 0 spiro atoms. The van der Waals surface area contributed by atoms with Crippen LogP contribution in [0.4, 0.5) is 5.00 Å². The first kappa shape index (κ1) is 15.9. The Morgan fingerprint density at radius 3 is 2.84 bits per heavy atom. The monoisotopic (exact) mass is 307 g/mol. The third-order valence-electron chi connectivity index (χ3n) is 2.06. The van der Waals surface area contributed by atoms with Crippen LogP contribution in [0.1, 0.15) is 24.3 Å². The number of nitrogens with one attached hydrogen (secondary N) is 2. The van der Waals surface area contributed by atoms with Crippen molar-refractivity contribution < 1.29 is 17.9 Å². The lowest BCUT2D eigenvalue weighted by atomic mass is 10.4. The minimum Gasteiger partial charge on any atom is -0.461 e. The van der Waals surface area contributed by atoms with E-state index in [0.29, 0.717) is 11.5 Å². The van der Waals surface area contributed by atoms with E-state index in [1.807, 2.05) is 0 Å². The van der Waals surface area contributed by atoms with Crippen LogP contribution in [0.5, 0.6) is 0 Å². The zero-order chi connectivity index (χ0) is 14.3. The van der Waals surface area contributed by atoms with Gasteiger partial charge in [0.05, 0.1) is 17.9 Å². The number of carbonyl (C=O) groups is 1. The summed E-state index contributed by atoms with van der Waals surface area (Å²) in [6.07, 6.45) is 0. The molecule has 19 heavy (non-hydrogen) atoms. The van der Waals surface area contributed by atoms with Gasteiger partial charge in [-0.2, -0.15) is 0 Å². The molecule has 0 aliphatic heterocycles. The molecule has 1 aromatic heterocycles. The highest BCUT2D eigenvalue weighted by Gasteiger charge is 2.16. The van der Waals surface area contributed by atoms with Crippen LogP contribution in [0, 0.1) is 0 Å². The average Bonchev–Trinajstić information content (AvgIpc) is 2.77. The summed E-state index contributed by atoms with van der Waals surface area (Å²) >= 11 is 1.23. The van der Waals surface area contributed by atoms with Crippen molar-refractivity contribution in [1.29, 1.82) is 0 Å². The molecule has 7 nitrogen and oxygen atoms in total. The fourth-order valence-corrected chi connectivity index (χ4v) is 2.96. The van der Waals surface area contributed by atoms with Crippen LogP contribution in [-0.4, -0.2) is 44.8 Å². The maximum atomic E-state index is 11.5. The molecule has 0 aromatic carbocycles. The normalized spacial score (nSPS) is 11.3. The molecule has 0 fully saturated rings. The van der Waals surface area contributed by atoms with Crippen LogP contribution < -0.4 is 10.0 Å². The zero-order valence-corrected chi connectivity index (χ0v) is 12.4. The summed E-state index contributed by atoms with van der Waals surface area (Å²) in [6.45, 7) is 4.25. The molecule has 1 aromatic rings. The lowest BCUT2D eigenvalue weighted by Gasteiger charge is -2.07. The van der Waals surface area contributed by atoms with E-state index in [-0.39, 0.29) is 24.6 Å². The Balaban J connectivity index is 2.55. The molecule has 0 atom stereocenters. The zero-order valence-electron chi connectivity index (χ0n) is 10.8. The van der Waals surface area contributed by atoms with E-state index < -0.39 is 16.0 Å². The van der Waals surface area contributed by atoms with Gasteiger partial charge in [-0.3, -0.25) is 0 Å². The predicted octanol–water partition coefficient (Wildman–Crippen LogP) is 0.671. The second-order valence-electron chi connectivity index (χ2n) is 3.49. The molecule has 0 bridgehead atoms. The molecule has 9 heteroatoms. The largest absolute Gasteiger partial charge is 0.461 e. The van der Waals surface area contributed by atoms with Gasteiger partial charge < -0.3 is 10.1 Å². The number of aromatic nitrogens is 1. The van der Waals surface area contributed by atoms with Crippen LogP contribution in [0.3, 0.4) is 0 Å². The number of thiazole rings is 1. The van der Waals surface area contributed by atoms with Crippen molar-refractivity contribution in [3.8, 4) is 0 Å². The number of nitrogens with zero attached hydrogens (tertiary/aromatic N) is 1. The number of rotatable bonds is 8. The Kier molecular flexibility index (Phi) is 6.19. The molecule has 108 valence electrons. The standard InChI is InChI=1S/C10H17N3O4S2/c1-3-13-19(15,16)6-5-11-9-8(12-7-18-9)10(14)17-4-2/h7,11,13H,3-6H2,1-2H3. The van der Waals surface area contributed by atoms with Crippen molar-refractivity contribution in [1.82, 2.24) is 9.71 Å². The highest BCUT2D eigenvalue weighted by atomic mass is 32.2. The van der Waals surface area contributed by atoms with Gasteiger partial charge in [0.1, 0.15) is 5.00 Å². The molecule has 0 radical (unpaired) electrons. The van der Waals surface area contributed by atoms with Gasteiger partial charge in [0, 0.05) is 13.1 Å². The predicted molar refractivity (Wildman–Crippen MR) is 74.0 cm³/mol. The summed E-state index contributed by atoms with van der Waals surface area (Å²) in [6, 6.07) is 0. The van der Waals surface area contributed by atoms with Crippen molar-refractivity contribution >= 4 is 32.3 Å². The Hall–Kier alpha value is -1.19. The van der Waals surface area contributed by atoms with E-state index in [1.165, 1.54) is 16.8 Å². The van der Waals surface area contributed by atoms with Crippen molar-refractivity contribution in [2.24, 2.45) is 0 Å². The first-order chi connectivity index (χ1) is 9.00. The lowest BCUT2D eigenvalue weighted by Crippen LogP contribution is -2.29. The van der Waals surface area contributed by atoms with Gasteiger partial charge in [0.25, 0.3) is 0 Å². The highest BCUT2D eigenvalue weighted by Crippen LogP contribution is 2.20. The van der Waals surface area contributed by atoms with E-state index in [4.69, 9.17) is 4.74 Å². The van der Waals surface area contributed by atoms with E-state index in [2.05, 4.69) is 15.0 Å². The lowest BCUT2D eigenvalue weighted by molar-refractivity contribution is 0.0521. The quantitative estimate of drug-likeness (QED) is 0.685. The van der Waals surface area contributed by atoms with E-state index in [9.17, 15) is 13.2 Å². The van der Waals surface area contributed by atoms with E-state index >= 15 is 0 Å². The second kappa shape index (κ2) is 7.41. The molecule has 0 unspecified atom stereocenters. The van der Waals surface area contributed by atoms with Gasteiger partial charge in [0.2, 0.25) is 10.0 Å². The van der Waals surface area contributed by atoms with Crippen LogP contribution in [0.2, 0.25) is 0 Å². The van der Waals surface area contributed by atoms with Crippen LogP contribution in [0.15, 0.2) is 5.51 Å². The molecule has 0 aliphatic carbocycles. The number of hydrogen-bond acceptors (Lipinski definition) is 7. The first-order valence-corrected chi connectivity index (χ1v) is 8.35. The Morgan fingerprint density at radius 2 is 2.21 bits per heavy atom. The van der Waals surface area contributed by atoms with E-state index in [1.54, 1.807) is 13.8 Å². The number of anilines is 1. The van der Waals surface area contributed by atoms with Crippen molar-refractivity contribution in [2.45, 2.75) is 13.8 Å². The first-order valence-electron chi connectivity index (χ1n) is 5.82. The minimum atomic E-state index is -3.27. The molecule has 0 aliphatic rings. The summed E-state index contributed by atoms with van der Waals surface area (Å²) < 4.78 is 30.1. The summed E-state index contributed by atoms with van der Waals surface area (Å²) in [5.41, 5.74) is 1.70. The van der Waals surface area contributed by atoms with Crippen LogP contribution in [0.25, 0.3) is 0 Å². The second-order valence-corrected chi connectivity index (χ2v) is 6.28. The van der Waals surface area contributed by atoms with Gasteiger partial charge in [0.15, 0.2) is 5.69 Å². The van der Waals surface area contributed by atoms with Gasteiger partial charge in [-0.1, -0.05) is 6.92 Å². The van der Waals surface area contributed by atoms with Gasteiger partial charge >= 0.3 is 5.97 Å². The Morgan fingerprint density at radius 1 is 1.47 bits per heavy atom.